The van der Waals surface area contributed by atoms with Gasteiger partial charge in [-0.1, -0.05) is 30.3 Å². The molecule has 2 saturated heterocycles. The predicted molar refractivity (Wildman–Crippen MR) is 81.4 cm³/mol. The van der Waals surface area contributed by atoms with Gasteiger partial charge in [0.1, 0.15) is 0 Å². The lowest BCUT2D eigenvalue weighted by atomic mass is 9.96. The Hall–Kier alpha value is -2.08. The van der Waals surface area contributed by atoms with Crippen LogP contribution in [-0.4, -0.2) is 58.7 Å². The van der Waals surface area contributed by atoms with E-state index in [2.05, 4.69) is 5.32 Å². The number of carbonyl (C=O) groups excluding carboxylic acids is 1. The number of nitrogens with one attached hydrogen (secondary N) is 1. The molecule has 1 unspecified atom stereocenters. The Morgan fingerprint density at radius 3 is 2.55 bits per heavy atom. The van der Waals surface area contributed by atoms with Crippen LogP contribution in [0.2, 0.25) is 0 Å². The molecule has 2 fully saturated rings. The van der Waals surface area contributed by atoms with Gasteiger partial charge >= 0.3 is 6.09 Å². The van der Waals surface area contributed by atoms with E-state index in [1.54, 1.807) is 4.90 Å². The highest BCUT2D eigenvalue weighted by Crippen LogP contribution is 2.31. The highest BCUT2D eigenvalue weighted by Gasteiger charge is 2.49. The largest absolute Gasteiger partial charge is 0.465 e. The maximum Gasteiger partial charge on any atom is 0.407 e. The zero-order chi connectivity index (χ0) is 15.7. The summed E-state index contributed by atoms with van der Waals surface area (Å²) in [6, 6.07) is 9.71. The van der Waals surface area contributed by atoms with Crippen LogP contribution in [0, 0.1) is 0 Å². The minimum atomic E-state index is -0.886. The van der Waals surface area contributed by atoms with Gasteiger partial charge in [-0.15, -0.1) is 0 Å². The molecule has 2 heterocycles. The highest BCUT2D eigenvalue weighted by molar-refractivity contribution is 5.85. The second-order valence-corrected chi connectivity index (χ2v) is 6.09. The summed E-state index contributed by atoms with van der Waals surface area (Å²) in [5, 5.41) is 12.5. The summed E-state index contributed by atoms with van der Waals surface area (Å²) < 4.78 is 0. The molecule has 2 aliphatic heterocycles. The molecular formula is C16H21N3O3. The normalized spacial score (nSPS) is 24.0. The van der Waals surface area contributed by atoms with Gasteiger partial charge in [0.15, 0.2) is 0 Å². The van der Waals surface area contributed by atoms with Crippen LogP contribution in [0.5, 0.6) is 0 Å². The first-order chi connectivity index (χ1) is 10.5. The topological polar surface area (TPSA) is 72.9 Å². The second-order valence-electron chi connectivity index (χ2n) is 6.09. The summed E-state index contributed by atoms with van der Waals surface area (Å²) in [4.78, 5) is 26.8. The minimum absolute atomic E-state index is 0.0904. The minimum Gasteiger partial charge on any atom is -0.465 e. The van der Waals surface area contributed by atoms with E-state index in [0.717, 1.165) is 5.56 Å². The third-order valence-corrected chi connectivity index (χ3v) is 4.86. The Morgan fingerprint density at radius 1 is 1.32 bits per heavy atom. The van der Waals surface area contributed by atoms with Crippen LogP contribution in [-0.2, 0) is 11.2 Å². The highest BCUT2D eigenvalue weighted by atomic mass is 16.4. The molecule has 2 N–H and O–H groups in total. The number of hydrogen-bond acceptors (Lipinski definition) is 3. The van der Waals surface area contributed by atoms with Crippen molar-refractivity contribution in [1.29, 1.82) is 0 Å². The molecule has 1 atom stereocenters. The van der Waals surface area contributed by atoms with Crippen LogP contribution in [0.4, 0.5) is 4.79 Å². The van der Waals surface area contributed by atoms with Crippen molar-refractivity contribution < 1.29 is 14.7 Å². The third-order valence-electron chi connectivity index (χ3n) is 4.86. The monoisotopic (exact) mass is 303 g/mol. The number of likely N-dealkylation sites (N-methyl/N-ethyl adjacent to an activating group) is 1. The van der Waals surface area contributed by atoms with E-state index in [1.807, 2.05) is 37.4 Å². The standard InChI is InChI=1S/C16H21N3O3/c1-18-14(20)13(11-12-5-3-2-4-6-12)17-16(18)7-9-19(10-8-16)15(21)22/h2-6,13,17H,7-11H2,1H3,(H,21,22). The van der Waals surface area contributed by atoms with E-state index in [4.69, 9.17) is 5.11 Å². The van der Waals surface area contributed by atoms with E-state index in [1.165, 1.54) is 4.90 Å². The zero-order valence-electron chi connectivity index (χ0n) is 12.7. The van der Waals surface area contributed by atoms with Crippen molar-refractivity contribution >= 4 is 12.0 Å². The van der Waals surface area contributed by atoms with Gasteiger partial charge in [0.05, 0.1) is 11.7 Å². The molecule has 2 amide bonds. The Labute approximate surface area is 129 Å². The second kappa shape index (κ2) is 5.61. The quantitative estimate of drug-likeness (QED) is 0.859. The number of nitrogens with zero attached hydrogens (tertiary/aromatic N) is 2. The van der Waals surface area contributed by atoms with Crippen molar-refractivity contribution in [2.45, 2.75) is 31.0 Å². The Bertz CT molecular complexity index is 567. The van der Waals surface area contributed by atoms with Gasteiger partial charge in [-0.3, -0.25) is 10.1 Å². The van der Waals surface area contributed by atoms with Crippen molar-refractivity contribution in [3.63, 3.8) is 0 Å². The summed E-state index contributed by atoms with van der Waals surface area (Å²) in [6.07, 6.45) is 1.04. The third kappa shape index (κ3) is 2.54. The van der Waals surface area contributed by atoms with Gasteiger partial charge < -0.3 is 14.9 Å². The number of amides is 2. The molecule has 0 bridgehead atoms. The molecule has 1 aromatic rings. The van der Waals surface area contributed by atoms with Crippen LogP contribution >= 0.6 is 0 Å². The Morgan fingerprint density at radius 2 is 1.95 bits per heavy atom. The van der Waals surface area contributed by atoms with Crippen LogP contribution in [0.25, 0.3) is 0 Å². The molecule has 6 nitrogen and oxygen atoms in total. The molecule has 6 heteroatoms. The van der Waals surface area contributed by atoms with E-state index in [0.29, 0.717) is 32.4 Å². The lowest BCUT2D eigenvalue weighted by Crippen LogP contribution is -2.58. The molecule has 2 aliphatic rings. The molecule has 0 aromatic heterocycles. The molecule has 22 heavy (non-hydrogen) atoms. The number of carbonyl (C=O) groups is 2. The van der Waals surface area contributed by atoms with Crippen LogP contribution in [0.15, 0.2) is 30.3 Å². The molecule has 0 aliphatic carbocycles. The first-order valence-electron chi connectivity index (χ1n) is 7.59. The maximum absolute atomic E-state index is 12.5. The molecular weight excluding hydrogens is 282 g/mol. The van der Waals surface area contributed by atoms with Crippen LogP contribution < -0.4 is 5.32 Å². The van der Waals surface area contributed by atoms with Gasteiger partial charge in [0.2, 0.25) is 5.91 Å². The van der Waals surface area contributed by atoms with E-state index < -0.39 is 11.8 Å². The van der Waals surface area contributed by atoms with Gasteiger partial charge in [0.25, 0.3) is 0 Å². The van der Waals surface area contributed by atoms with E-state index in [9.17, 15) is 9.59 Å². The Kier molecular flexibility index (Phi) is 3.78. The number of piperidine rings is 1. The van der Waals surface area contributed by atoms with Gasteiger partial charge in [-0.05, 0) is 12.0 Å². The van der Waals surface area contributed by atoms with Crippen molar-refractivity contribution in [3.8, 4) is 0 Å². The average molecular weight is 303 g/mol. The molecule has 0 radical (unpaired) electrons. The van der Waals surface area contributed by atoms with Crippen molar-refractivity contribution in [3.05, 3.63) is 35.9 Å². The number of benzene rings is 1. The van der Waals surface area contributed by atoms with Crippen molar-refractivity contribution in [2.75, 3.05) is 20.1 Å². The fraction of sp³-hybridized carbons (Fsp3) is 0.500. The first-order valence-corrected chi connectivity index (χ1v) is 7.59. The summed E-state index contributed by atoms with van der Waals surface area (Å²) in [7, 11) is 1.82. The number of carboxylic acid groups (broad SMARTS) is 1. The molecule has 118 valence electrons. The lowest BCUT2D eigenvalue weighted by molar-refractivity contribution is -0.131. The fourth-order valence-corrected chi connectivity index (χ4v) is 3.46. The van der Waals surface area contributed by atoms with Gasteiger partial charge in [-0.2, -0.15) is 0 Å². The molecule has 1 spiro atoms. The smallest absolute Gasteiger partial charge is 0.407 e. The molecule has 1 aromatic carbocycles. The number of rotatable bonds is 2. The molecule has 3 rings (SSSR count). The van der Waals surface area contributed by atoms with Gasteiger partial charge in [0, 0.05) is 33.0 Å². The SMILES string of the molecule is CN1C(=O)C(Cc2ccccc2)NC12CCN(C(=O)O)CC2. The number of hydrogen-bond donors (Lipinski definition) is 2. The zero-order valence-corrected chi connectivity index (χ0v) is 12.7. The lowest BCUT2D eigenvalue weighted by Gasteiger charge is -2.42. The fourth-order valence-electron chi connectivity index (χ4n) is 3.46. The average Bonchev–Trinajstić information content (AvgIpc) is 2.74. The van der Waals surface area contributed by atoms with E-state index in [-0.39, 0.29) is 11.9 Å². The summed E-state index contributed by atoms with van der Waals surface area (Å²) in [5.41, 5.74) is 0.726. The number of likely N-dealkylation sites (tertiary alicyclic amines) is 1. The Balaban J connectivity index is 1.71. The van der Waals surface area contributed by atoms with Crippen LogP contribution in [0.3, 0.4) is 0 Å². The summed E-state index contributed by atoms with van der Waals surface area (Å²) in [6.45, 7) is 0.913. The summed E-state index contributed by atoms with van der Waals surface area (Å²) in [5.74, 6) is 0.0904. The predicted octanol–water partition coefficient (Wildman–Crippen LogP) is 1.13. The van der Waals surface area contributed by atoms with Crippen molar-refractivity contribution in [1.82, 2.24) is 15.1 Å². The van der Waals surface area contributed by atoms with E-state index >= 15 is 0 Å². The summed E-state index contributed by atoms with van der Waals surface area (Å²) >= 11 is 0. The molecule has 0 saturated carbocycles. The van der Waals surface area contributed by atoms with Crippen molar-refractivity contribution in [2.24, 2.45) is 0 Å². The first kappa shape index (κ1) is 14.8. The van der Waals surface area contributed by atoms with Gasteiger partial charge in [-0.25, -0.2) is 4.79 Å². The maximum atomic E-state index is 12.5. The van der Waals surface area contributed by atoms with Crippen LogP contribution in [0.1, 0.15) is 18.4 Å².